The lowest BCUT2D eigenvalue weighted by Gasteiger charge is -2.15. The minimum absolute atomic E-state index is 0.131. The van der Waals surface area contributed by atoms with E-state index in [0.717, 1.165) is 5.56 Å². The molecule has 3 aromatic rings. The van der Waals surface area contributed by atoms with Gasteiger partial charge in [-0.05, 0) is 25.1 Å². The van der Waals surface area contributed by atoms with Gasteiger partial charge in [0.15, 0.2) is 0 Å². The molecule has 0 bridgehead atoms. The summed E-state index contributed by atoms with van der Waals surface area (Å²) in [6, 6.07) is 12.0. The Kier molecular flexibility index (Phi) is 5.37. The molecule has 0 radical (unpaired) electrons. The fraction of sp³-hybridized carbons (Fsp3) is 0.211. The van der Waals surface area contributed by atoms with E-state index in [-0.39, 0.29) is 12.4 Å². The zero-order valence-corrected chi connectivity index (χ0v) is 15.3. The van der Waals surface area contributed by atoms with E-state index >= 15 is 0 Å². The number of rotatable bonds is 5. The third-order valence-electron chi connectivity index (χ3n) is 3.86. The first-order chi connectivity index (χ1) is 12.0. The molecular weight excluding hydrogens is 363 g/mol. The molecule has 6 heteroatoms. The highest BCUT2D eigenvalue weighted by atomic mass is 35.5. The second-order valence-electron chi connectivity index (χ2n) is 5.52. The van der Waals surface area contributed by atoms with Crippen LogP contribution in [0, 0.1) is 5.82 Å². The summed E-state index contributed by atoms with van der Waals surface area (Å²) in [5, 5.41) is 0.939. The fourth-order valence-corrected chi connectivity index (χ4v) is 4.09. The van der Waals surface area contributed by atoms with E-state index in [4.69, 9.17) is 21.1 Å². The number of thiophene rings is 1. The standard InChI is InChI=1S/C19H16ClFO3S/c1-11(12-6-3-4-7-14(12)20)24-19(22)18-13(10-23-2)17-15(21)8-5-9-16(17)25-18/h3-9,11H,10H2,1-2H3/t11-/m0/s1. The van der Waals surface area contributed by atoms with Crippen LogP contribution in [-0.4, -0.2) is 13.1 Å². The quantitative estimate of drug-likeness (QED) is 0.529. The van der Waals surface area contributed by atoms with Crippen LogP contribution in [0.4, 0.5) is 4.39 Å². The van der Waals surface area contributed by atoms with Gasteiger partial charge < -0.3 is 9.47 Å². The molecule has 130 valence electrons. The van der Waals surface area contributed by atoms with Crippen LogP contribution < -0.4 is 0 Å². The van der Waals surface area contributed by atoms with Crippen LogP contribution in [0.15, 0.2) is 42.5 Å². The summed E-state index contributed by atoms with van der Waals surface area (Å²) in [7, 11) is 1.51. The second kappa shape index (κ2) is 7.52. The van der Waals surface area contributed by atoms with Crippen LogP contribution in [-0.2, 0) is 16.1 Å². The lowest BCUT2D eigenvalue weighted by molar-refractivity contribution is 0.0340. The molecular formula is C19H16ClFO3S. The molecule has 0 aliphatic heterocycles. The molecule has 2 aromatic carbocycles. The number of hydrogen-bond donors (Lipinski definition) is 0. The molecule has 0 spiro atoms. The van der Waals surface area contributed by atoms with Crippen LogP contribution in [0.25, 0.3) is 10.1 Å². The molecule has 0 aliphatic carbocycles. The van der Waals surface area contributed by atoms with Gasteiger partial charge in [0.1, 0.15) is 16.8 Å². The predicted octanol–water partition coefficient (Wildman–Crippen LogP) is 5.76. The molecule has 0 saturated carbocycles. The van der Waals surface area contributed by atoms with Crippen molar-refractivity contribution in [2.24, 2.45) is 0 Å². The van der Waals surface area contributed by atoms with Gasteiger partial charge in [-0.3, -0.25) is 0 Å². The summed E-state index contributed by atoms with van der Waals surface area (Å²) in [6.07, 6.45) is -0.522. The number of hydrogen-bond acceptors (Lipinski definition) is 4. The predicted molar refractivity (Wildman–Crippen MR) is 97.8 cm³/mol. The van der Waals surface area contributed by atoms with Crippen molar-refractivity contribution in [1.82, 2.24) is 0 Å². The first kappa shape index (κ1) is 17.9. The number of benzene rings is 2. The molecule has 3 rings (SSSR count). The van der Waals surface area contributed by atoms with Crippen molar-refractivity contribution < 1.29 is 18.7 Å². The Bertz CT molecular complexity index is 922. The van der Waals surface area contributed by atoms with Crippen molar-refractivity contribution in [3.8, 4) is 0 Å². The lowest BCUT2D eigenvalue weighted by atomic mass is 10.1. The molecule has 0 amide bonds. The van der Waals surface area contributed by atoms with Crippen LogP contribution >= 0.6 is 22.9 Å². The average Bonchev–Trinajstić information content (AvgIpc) is 2.95. The number of fused-ring (bicyclic) bond motifs is 1. The monoisotopic (exact) mass is 378 g/mol. The summed E-state index contributed by atoms with van der Waals surface area (Å²) >= 11 is 7.36. The highest BCUT2D eigenvalue weighted by Gasteiger charge is 2.24. The van der Waals surface area contributed by atoms with Crippen LogP contribution in [0.2, 0.25) is 5.02 Å². The van der Waals surface area contributed by atoms with Gasteiger partial charge in [0, 0.05) is 33.3 Å². The first-order valence-corrected chi connectivity index (χ1v) is 8.86. The van der Waals surface area contributed by atoms with Gasteiger partial charge in [-0.1, -0.05) is 35.9 Å². The van der Waals surface area contributed by atoms with Gasteiger partial charge in [-0.25, -0.2) is 9.18 Å². The Hall–Kier alpha value is -1.95. The van der Waals surface area contributed by atoms with Gasteiger partial charge >= 0.3 is 5.97 Å². The van der Waals surface area contributed by atoms with Crippen molar-refractivity contribution >= 4 is 39.0 Å². The van der Waals surface area contributed by atoms with E-state index in [0.29, 0.717) is 25.5 Å². The SMILES string of the molecule is COCc1c(C(=O)O[C@@H](C)c2ccccc2Cl)sc2cccc(F)c12. The van der Waals surface area contributed by atoms with Crippen molar-refractivity contribution in [2.75, 3.05) is 7.11 Å². The smallest absolute Gasteiger partial charge is 0.349 e. The highest BCUT2D eigenvalue weighted by Crippen LogP contribution is 2.35. The third kappa shape index (κ3) is 3.54. The number of carbonyl (C=O) groups is 1. The fourth-order valence-electron chi connectivity index (χ4n) is 2.70. The molecule has 0 aliphatic rings. The Morgan fingerprint density at radius 1 is 1.24 bits per heavy atom. The molecule has 1 atom stereocenters. The van der Waals surface area contributed by atoms with Gasteiger partial charge in [0.05, 0.1) is 6.61 Å². The first-order valence-electron chi connectivity index (χ1n) is 7.67. The number of methoxy groups -OCH3 is 1. The largest absolute Gasteiger partial charge is 0.454 e. The van der Waals surface area contributed by atoms with Crippen LogP contribution in [0.1, 0.15) is 33.8 Å². The minimum Gasteiger partial charge on any atom is -0.454 e. The normalized spacial score (nSPS) is 12.3. The van der Waals surface area contributed by atoms with Crippen molar-refractivity contribution in [3.63, 3.8) is 0 Å². The summed E-state index contributed by atoms with van der Waals surface area (Å²) in [5.41, 5.74) is 1.23. The molecule has 0 saturated heterocycles. The van der Waals surface area contributed by atoms with Gasteiger partial charge in [0.2, 0.25) is 0 Å². The molecule has 25 heavy (non-hydrogen) atoms. The van der Waals surface area contributed by atoms with Crippen LogP contribution in [0.3, 0.4) is 0 Å². The topological polar surface area (TPSA) is 35.5 Å². The number of esters is 1. The summed E-state index contributed by atoms with van der Waals surface area (Å²) in [4.78, 5) is 13.0. The molecule has 0 unspecified atom stereocenters. The Morgan fingerprint density at radius 3 is 2.72 bits per heavy atom. The van der Waals surface area contributed by atoms with Crippen molar-refractivity contribution in [2.45, 2.75) is 19.6 Å². The van der Waals surface area contributed by atoms with Gasteiger partial charge in [0.25, 0.3) is 0 Å². The third-order valence-corrected chi connectivity index (χ3v) is 5.39. The molecule has 0 fully saturated rings. The Balaban J connectivity index is 1.96. The Morgan fingerprint density at radius 2 is 2.00 bits per heavy atom. The highest BCUT2D eigenvalue weighted by molar-refractivity contribution is 7.21. The average molecular weight is 379 g/mol. The van der Waals surface area contributed by atoms with E-state index in [2.05, 4.69) is 0 Å². The molecule has 1 heterocycles. The maximum Gasteiger partial charge on any atom is 0.349 e. The van der Waals surface area contributed by atoms with Gasteiger partial charge in [-0.15, -0.1) is 11.3 Å². The maximum atomic E-state index is 14.2. The lowest BCUT2D eigenvalue weighted by Crippen LogP contribution is -2.10. The summed E-state index contributed by atoms with van der Waals surface area (Å²) in [5.74, 6) is -0.890. The summed E-state index contributed by atoms with van der Waals surface area (Å²) < 4.78 is 25.6. The zero-order chi connectivity index (χ0) is 18.0. The zero-order valence-electron chi connectivity index (χ0n) is 13.7. The van der Waals surface area contributed by atoms with E-state index < -0.39 is 12.1 Å². The Labute approximate surface area is 153 Å². The van der Waals surface area contributed by atoms with Crippen LogP contribution in [0.5, 0.6) is 0 Å². The number of carbonyl (C=O) groups excluding carboxylic acids is 1. The molecule has 0 N–H and O–H groups in total. The minimum atomic E-state index is -0.522. The molecule has 3 nitrogen and oxygen atoms in total. The van der Waals surface area contributed by atoms with E-state index in [1.165, 1.54) is 24.5 Å². The summed E-state index contributed by atoms with van der Waals surface area (Å²) in [6.45, 7) is 1.88. The number of ether oxygens (including phenoxy) is 2. The number of halogens is 2. The van der Waals surface area contributed by atoms with Crippen molar-refractivity contribution in [1.29, 1.82) is 0 Å². The molecule has 1 aromatic heterocycles. The van der Waals surface area contributed by atoms with E-state index in [9.17, 15) is 9.18 Å². The second-order valence-corrected chi connectivity index (χ2v) is 6.98. The van der Waals surface area contributed by atoms with Crippen molar-refractivity contribution in [3.05, 3.63) is 69.3 Å². The van der Waals surface area contributed by atoms with E-state index in [1.807, 2.05) is 12.1 Å². The van der Waals surface area contributed by atoms with E-state index in [1.54, 1.807) is 31.2 Å². The van der Waals surface area contributed by atoms with Gasteiger partial charge in [-0.2, -0.15) is 0 Å². The maximum absolute atomic E-state index is 14.2.